The van der Waals surface area contributed by atoms with Crippen LogP contribution in [-0.2, 0) is 11.3 Å². The van der Waals surface area contributed by atoms with Gasteiger partial charge < -0.3 is 16.0 Å². The van der Waals surface area contributed by atoms with E-state index in [-0.39, 0.29) is 47.7 Å². The van der Waals surface area contributed by atoms with Gasteiger partial charge in [-0.25, -0.2) is 4.39 Å². The number of guanidine groups is 1. The zero-order chi connectivity index (χ0) is 20.8. The number of nitrogens with zero attached hydrogens (tertiary/aromatic N) is 1. The number of hydrogen-bond donors (Lipinski definition) is 3. The number of carbonyl (C=O) groups excluding carboxylic acids is 1. The smallest absolute Gasteiger partial charge is 0.227 e. The second-order valence-electron chi connectivity index (χ2n) is 7.62. The van der Waals surface area contributed by atoms with Gasteiger partial charge in [0.2, 0.25) is 5.91 Å². The lowest BCUT2D eigenvalue weighted by Gasteiger charge is -2.24. The minimum Gasteiger partial charge on any atom is -0.352 e. The van der Waals surface area contributed by atoms with E-state index in [0.717, 1.165) is 36.1 Å². The number of aryl methyl sites for hydroxylation is 1. The molecule has 5 nitrogen and oxygen atoms in total. The first-order valence-corrected chi connectivity index (χ1v) is 10.1. The lowest BCUT2D eigenvalue weighted by atomic mass is 9.85. The number of hydrogen-bond acceptors (Lipinski definition) is 2. The maximum atomic E-state index is 13.8. The minimum absolute atomic E-state index is 0. The molecule has 1 fully saturated rings. The van der Waals surface area contributed by atoms with Crippen LogP contribution in [0.2, 0.25) is 0 Å². The summed E-state index contributed by atoms with van der Waals surface area (Å²) in [4.78, 5) is 16.4. The summed E-state index contributed by atoms with van der Waals surface area (Å²) in [6.07, 6.45) is 3.11. The Morgan fingerprint density at radius 2 is 2.00 bits per heavy atom. The van der Waals surface area contributed by atoms with Crippen molar-refractivity contribution in [2.24, 2.45) is 10.9 Å². The van der Waals surface area contributed by atoms with E-state index >= 15 is 0 Å². The van der Waals surface area contributed by atoms with E-state index in [1.165, 1.54) is 0 Å². The summed E-state index contributed by atoms with van der Waals surface area (Å²) < 4.78 is 13.8. The van der Waals surface area contributed by atoms with Gasteiger partial charge in [-0.1, -0.05) is 30.7 Å². The number of amides is 1. The summed E-state index contributed by atoms with van der Waals surface area (Å²) in [5.74, 6) is 0.688. The Morgan fingerprint density at radius 1 is 1.23 bits per heavy atom. The highest BCUT2D eigenvalue weighted by Gasteiger charge is 2.25. The molecule has 1 aliphatic carbocycles. The van der Waals surface area contributed by atoms with Gasteiger partial charge in [0.25, 0.3) is 0 Å². The first-order chi connectivity index (χ1) is 14.0. The van der Waals surface area contributed by atoms with Crippen LogP contribution in [0.15, 0.2) is 47.5 Å². The molecule has 1 aliphatic rings. The van der Waals surface area contributed by atoms with E-state index in [1.807, 2.05) is 37.3 Å². The topological polar surface area (TPSA) is 65.5 Å². The van der Waals surface area contributed by atoms with E-state index in [4.69, 9.17) is 0 Å². The van der Waals surface area contributed by atoms with Crippen molar-refractivity contribution < 1.29 is 9.18 Å². The van der Waals surface area contributed by atoms with Crippen molar-refractivity contribution in [1.29, 1.82) is 0 Å². The average molecular weight is 524 g/mol. The molecule has 0 saturated heterocycles. The highest BCUT2D eigenvalue weighted by molar-refractivity contribution is 14.0. The van der Waals surface area contributed by atoms with E-state index in [9.17, 15) is 9.18 Å². The van der Waals surface area contributed by atoms with Gasteiger partial charge in [-0.2, -0.15) is 0 Å². The summed E-state index contributed by atoms with van der Waals surface area (Å²) >= 11 is 0. The second-order valence-corrected chi connectivity index (χ2v) is 7.62. The molecule has 0 aromatic heterocycles. The molecule has 162 valence electrons. The number of carbonyl (C=O) groups is 1. The van der Waals surface area contributed by atoms with Crippen molar-refractivity contribution >= 4 is 41.5 Å². The molecule has 1 saturated carbocycles. The standard InChI is InChI=1S/C23H29FN4O.HI/c1-15-10-11-19(13-21(15)24)16(2)27-23(25-3)26-14-17-6-4-9-20(12-17)28-22(29)18-7-5-8-18;/h4,6,9-13,16,18H,5,7-8,14H2,1-3H3,(H,28,29)(H2,25,26,27);1H. The van der Waals surface area contributed by atoms with Crippen molar-refractivity contribution in [3.8, 4) is 0 Å². The molecule has 0 heterocycles. The Balaban J connectivity index is 0.00000320. The number of halogens is 2. The summed E-state index contributed by atoms with van der Waals surface area (Å²) in [7, 11) is 1.70. The molecule has 7 heteroatoms. The van der Waals surface area contributed by atoms with Gasteiger partial charge in [-0.15, -0.1) is 24.0 Å². The molecule has 1 amide bonds. The Bertz CT molecular complexity index is 899. The van der Waals surface area contributed by atoms with Gasteiger partial charge in [0.05, 0.1) is 6.04 Å². The molecule has 0 spiro atoms. The highest BCUT2D eigenvalue weighted by atomic mass is 127. The summed E-state index contributed by atoms with van der Waals surface area (Å²) in [6, 6.07) is 13.0. The molecule has 3 N–H and O–H groups in total. The molecular formula is C23H30FIN4O. The van der Waals surface area contributed by atoms with E-state index < -0.39 is 0 Å². The van der Waals surface area contributed by atoms with Gasteiger partial charge in [0.15, 0.2) is 5.96 Å². The van der Waals surface area contributed by atoms with Crippen molar-refractivity contribution in [3.05, 3.63) is 65.0 Å². The maximum Gasteiger partial charge on any atom is 0.227 e. The lowest BCUT2D eigenvalue weighted by Crippen LogP contribution is -2.38. The zero-order valence-corrected chi connectivity index (χ0v) is 20.0. The van der Waals surface area contributed by atoms with Crippen molar-refractivity contribution in [2.75, 3.05) is 12.4 Å². The molecule has 0 bridgehead atoms. The Kier molecular flexibility index (Phi) is 9.08. The highest BCUT2D eigenvalue weighted by Crippen LogP contribution is 2.27. The van der Waals surface area contributed by atoms with Crippen molar-refractivity contribution in [3.63, 3.8) is 0 Å². The number of rotatable bonds is 6. The van der Waals surface area contributed by atoms with Crippen LogP contribution in [0.4, 0.5) is 10.1 Å². The molecular weight excluding hydrogens is 494 g/mol. The fourth-order valence-electron chi connectivity index (χ4n) is 3.22. The first kappa shape index (κ1) is 24.1. The van der Waals surface area contributed by atoms with Crippen molar-refractivity contribution in [1.82, 2.24) is 10.6 Å². The van der Waals surface area contributed by atoms with Gasteiger partial charge in [0, 0.05) is 25.2 Å². The van der Waals surface area contributed by atoms with Gasteiger partial charge in [-0.3, -0.25) is 9.79 Å². The van der Waals surface area contributed by atoms with Crippen LogP contribution in [0.25, 0.3) is 0 Å². The van der Waals surface area contributed by atoms with Crippen LogP contribution in [0, 0.1) is 18.7 Å². The Labute approximate surface area is 195 Å². The van der Waals surface area contributed by atoms with E-state index in [1.54, 1.807) is 26.1 Å². The van der Waals surface area contributed by atoms with E-state index in [0.29, 0.717) is 18.1 Å². The lowest BCUT2D eigenvalue weighted by molar-refractivity contribution is -0.122. The zero-order valence-electron chi connectivity index (χ0n) is 17.7. The molecule has 30 heavy (non-hydrogen) atoms. The summed E-state index contributed by atoms with van der Waals surface area (Å²) in [5, 5.41) is 9.55. The molecule has 0 aliphatic heterocycles. The van der Waals surface area contributed by atoms with Gasteiger partial charge >= 0.3 is 0 Å². The fraction of sp³-hybridized carbons (Fsp3) is 0.391. The quantitative estimate of drug-likeness (QED) is 0.286. The third-order valence-electron chi connectivity index (χ3n) is 5.40. The van der Waals surface area contributed by atoms with Crippen LogP contribution in [0.1, 0.15) is 48.9 Å². The number of benzene rings is 2. The van der Waals surface area contributed by atoms with Crippen LogP contribution in [-0.4, -0.2) is 18.9 Å². The second kappa shape index (κ2) is 11.3. The normalized spacial score (nSPS) is 14.9. The maximum absolute atomic E-state index is 13.8. The molecule has 3 rings (SSSR count). The molecule has 2 aromatic carbocycles. The fourth-order valence-corrected chi connectivity index (χ4v) is 3.22. The van der Waals surface area contributed by atoms with E-state index in [2.05, 4.69) is 20.9 Å². The van der Waals surface area contributed by atoms with Crippen molar-refractivity contribution in [2.45, 2.75) is 45.7 Å². The van der Waals surface area contributed by atoms with Gasteiger partial charge in [0.1, 0.15) is 5.82 Å². The van der Waals surface area contributed by atoms with Crippen LogP contribution >= 0.6 is 24.0 Å². The predicted molar refractivity (Wildman–Crippen MR) is 131 cm³/mol. The Hall–Kier alpha value is -2.16. The van der Waals surface area contributed by atoms with Crippen LogP contribution < -0.4 is 16.0 Å². The predicted octanol–water partition coefficient (Wildman–Crippen LogP) is 4.92. The van der Waals surface area contributed by atoms with Crippen LogP contribution in [0.3, 0.4) is 0 Å². The third-order valence-corrected chi connectivity index (χ3v) is 5.40. The Morgan fingerprint density at radius 3 is 2.63 bits per heavy atom. The largest absolute Gasteiger partial charge is 0.352 e. The first-order valence-electron chi connectivity index (χ1n) is 10.1. The molecule has 1 atom stereocenters. The molecule has 2 aromatic rings. The van der Waals surface area contributed by atoms with Crippen LogP contribution in [0.5, 0.6) is 0 Å². The average Bonchev–Trinajstić information content (AvgIpc) is 2.66. The summed E-state index contributed by atoms with van der Waals surface area (Å²) in [5.41, 5.74) is 3.34. The number of anilines is 1. The SMILES string of the molecule is CN=C(NCc1cccc(NC(=O)C2CCC2)c1)NC(C)c1ccc(C)c(F)c1.I. The number of nitrogens with one attached hydrogen (secondary N) is 3. The molecule has 1 unspecified atom stereocenters. The monoisotopic (exact) mass is 524 g/mol. The minimum atomic E-state index is -0.208. The molecule has 0 radical (unpaired) electrons. The van der Waals surface area contributed by atoms with Gasteiger partial charge in [-0.05, 0) is 61.6 Å². The summed E-state index contributed by atoms with van der Waals surface area (Å²) in [6.45, 7) is 4.27. The third kappa shape index (κ3) is 6.42. The number of aliphatic imine (C=N–C) groups is 1.